The Morgan fingerprint density at radius 3 is 1.30 bits per heavy atom. The molecule has 0 aromatic heterocycles. The van der Waals surface area contributed by atoms with E-state index >= 15 is 0 Å². The molecule has 4 N–H and O–H groups in total. The van der Waals surface area contributed by atoms with Crippen molar-refractivity contribution in [2.75, 3.05) is 28.4 Å². The lowest BCUT2D eigenvalue weighted by atomic mass is 9.75. The highest BCUT2D eigenvalue weighted by molar-refractivity contribution is 6.24. The number of esters is 2. The van der Waals surface area contributed by atoms with Crippen molar-refractivity contribution in [1.82, 2.24) is 0 Å². The first-order valence-electron chi connectivity index (χ1n) is 11.8. The summed E-state index contributed by atoms with van der Waals surface area (Å²) in [6.45, 7) is 0. The minimum atomic E-state index is -1.30. The van der Waals surface area contributed by atoms with Crippen LogP contribution in [0, 0.1) is 0 Å². The summed E-state index contributed by atoms with van der Waals surface area (Å²) >= 11 is 0. The summed E-state index contributed by atoms with van der Waals surface area (Å²) < 4.78 is 19.6. The second-order valence-corrected chi connectivity index (χ2v) is 8.71. The highest BCUT2D eigenvalue weighted by Gasteiger charge is 2.43. The zero-order valence-electron chi connectivity index (χ0n) is 22.1. The fourth-order valence-corrected chi connectivity index (χ4v) is 4.46. The van der Waals surface area contributed by atoms with E-state index in [1.807, 2.05) is 0 Å². The maximum Gasteiger partial charge on any atom is 0.306 e. The number of carbonyl (C=O) groups is 4. The molecule has 0 saturated heterocycles. The van der Waals surface area contributed by atoms with Crippen LogP contribution in [0.15, 0.2) is 59.1 Å². The number of benzene rings is 2. The number of carbonyl (C=O) groups excluding carboxylic acids is 4. The second kappa shape index (κ2) is 12.2. The van der Waals surface area contributed by atoms with Crippen LogP contribution in [-0.2, 0) is 28.7 Å². The minimum Gasteiger partial charge on any atom is -0.504 e. The number of ether oxygens (including phenoxy) is 4. The zero-order chi connectivity index (χ0) is 29.7. The molecule has 0 amide bonds. The minimum absolute atomic E-state index is 0.0121. The molecule has 2 atom stereocenters. The molecular weight excluding hydrogens is 528 g/mol. The largest absolute Gasteiger partial charge is 0.504 e. The van der Waals surface area contributed by atoms with Crippen LogP contribution in [-0.4, -0.2) is 72.4 Å². The van der Waals surface area contributed by atoms with Crippen molar-refractivity contribution >= 4 is 23.5 Å². The number of Topliss-reactive ketones (excluding diaryl/α,β-unsaturated/α-hetero) is 2. The molecule has 3 rings (SSSR count). The van der Waals surface area contributed by atoms with Crippen LogP contribution in [0.5, 0.6) is 23.0 Å². The molecule has 12 heteroatoms. The number of ketones is 2. The zero-order valence-corrected chi connectivity index (χ0v) is 22.1. The van der Waals surface area contributed by atoms with Crippen molar-refractivity contribution in [3.8, 4) is 23.0 Å². The van der Waals surface area contributed by atoms with E-state index in [-0.39, 0.29) is 34.1 Å². The van der Waals surface area contributed by atoms with Crippen molar-refractivity contribution in [2.45, 2.75) is 24.7 Å². The van der Waals surface area contributed by atoms with Crippen molar-refractivity contribution in [3.63, 3.8) is 0 Å². The Kier molecular flexibility index (Phi) is 9.04. The van der Waals surface area contributed by atoms with E-state index in [9.17, 15) is 39.6 Å². The summed E-state index contributed by atoms with van der Waals surface area (Å²) in [5, 5.41) is 42.1. The second-order valence-electron chi connectivity index (χ2n) is 8.71. The fraction of sp³-hybridized carbons (Fsp3) is 0.286. The molecular formula is C28H28O12. The average molecular weight is 557 g/mol. The standard InChI is InChI=1S/C28H28O12/c1-37-19-9-13(5-7-17(19)29)15(11-21(31)39-3)23-25(33)27(35)24(28(36)26(23)34)16(12-22(32)40-4)14-6-8-18(30)20(10-14)38-2/h5-10,15-16,29-30,33,36H,11-12H2,1-4H3/t15-,16-/m1/s1. The molecule has 0 aliphatic heterocycles. The molecule has 0 bridgehead atoms. The van der Waals surface area contributed by atoms with E-state index in [0.717, 1.165) is 14.2 Å². The molecule has 12 nitrogen and oxygen atoms in total. The maximum atomic E-state index is 13.6. The number of aromatic hydroxyl groups is 2. The monoisotopic (exact) mass is 556 g/mol. The number of methoxy groups -OCH3 is 4. The molecule has 0 unspecified atom stereocenters. The van der Waals surface area contributed by atoms with Crippen molar-refractivity contribution < 1.29 is 58.6 Å². The molecule has 0 saturated carbocycles. The Balaban J connectivity index is 2.20. The maximum absolute atomic E-state index is 13.6. The van der Waals surface area contributed by atoms with E-state index in [4.69, 9.17) is 18.9 Å². The van der Waals surface area contributed by atoms with Gasteiger partial charge in [-0.2, -0.15) is 0 Å². The van der Waals surface area contributed by atoms with Gasteiger partial charge in [-0.05, 0) is 35.4 Å². The molecule has 40 heavy (non-hydrogen) atoms. The van der Waals surface area contributed by atoms with Gasteiger partial charge in [0, 0.05) is 11.8 Å². The Labute approximate surface area is 228 Å². The highest BCUT2D eigenvalue weighted by Crippen LogP contribution is 2.43. The first-order chi connectivity index (χ1) is 19.0. The van der Waals surface area contributed by atoms with Gasteiger partial charge in [0.1, 0.15) is 0 Å². The SMILES string of the molecule is COC(=O)C[C@@H](C1=C(O)C(=O)C([C@H](CC(=O)OC)c2ccc(O)c(OC)c2)=C(O)C1=O)c1ccc(O)c(OC)c1. The number of allylic oxidation sites excluding steroid dienone is 2. The molecule has 212 valence electrons. The van der Waals surface area contributed by atoms with E-state index in [1.165, 1.54) is 50.6 Å². The van der Waals surface area contributed by atoms with Crippen LogP contribution in [0.1, 0.15) is 35.8 Å². The van der Waals surface area contributed by atoms with Gasteiger partial charge < -0.3 is 39.4 Å². The predicted octanol–water partition coefficient (Wildman–Crippen LogP) is 2.88. The van der Waals surface area contributed by atoms with Crippen molar-refractivity contribution in [1.29, 1.82) is 0 Å². The topological polar surface area (TPSA) is 186 Å². The molecule has 2 aromatic rings. The van der Waals surface area contributed by atoms with E-state index in [2.05, 4.69) is 0 Å². The lowest BCUT2D eigenvalue weighted by molar-refractivity contribution is -0.142. The smallest absolute Gasteiger partial charge is 0.306 e. The predicted molar refractivity (Wildman–Crippen MR) is 137 cm³/mol. The Morgan fingerprint density at radius 1 is 0.650 bits per heavy atom. The lowest BCUT2D eigenvalue weighted by Gasteiger charge is -2.27. The average Bonchev–Trinajstić information content (AvgIpc) is 2.95. The normalized spacial score (nSPS) is 15.0. The fourth-order valence-electron chi connectivity index (χ4n) is 4.46. The van der Waals surface area contributed by atoms with Gasteiger partial charge in [0.05, 0.1) is 52.4 Å². The third-order valence-electron chi connectivity index (χ3n) is 6.54. The van der Waals surface area contributed by atoms with Gasteiger partial charge in [0.2, 0.25) is 11.6 Å². The number of hydrogen-bond donors (Lipinski definition) is 4. The number of aliphatic hydroxyl groups is 2. The summed E-state index contributed by atoms with van der Waals surface area (Å²) in [6, 6.07) is 7.78. The first kappa shape index (κ1) is 29.6. The summed E-state index contributed by atoms with van der Waals surface area (Å²) in [5.74, 6) is -9.16. The van der Waals surface area contributed by atoms with Crippen molar-refractivity contribution in [2.24, 2.45) is 0 Å². The van der Waals surface area contributed by atoms with Gasteiger partial charge in [-0.3, -0.25) is 19.2 Å². The number of hydrogen-bond acceptors (Lipinski definition) is 12. The molecule has 0 radical (unpaired) electrons. The van der Waals surface area contributed by atoms with E-state index < -0.39 is 70.8 Å². The Morgan fingerprint density at radius 2 is 1.00 bits per heavy atom. The molecule has 0 heterocycles. The highest BCUT2D eigenvalue weighted by atomic mass is 16.5. The van der Waals surface area contributed by atoms with Crippen molar-refractivity contribution in [3.05, 3.63) is 70.2 Å². The summed E-state index contributed by atoms with van der Waals surface area (Å²) in [7, 11) is 4.77. The molecule has 0 fully saturated rings. The number of rotatable bonds is 10. The van der Waals surface area contributed by atoms with E-state index in [0.29, 0.717) is 0 Å². The van der Waals surface area contributed by atoms with Gasteiger partial charge in [0.15, 0.2) is 34.5 Å². The quantitative estimate of drug-likeness (QED) is 0.248. The third-order valence-corrected chi connectivity index (χ3v) is 6.54. The van der Waals surface area contributed by atoms with Crippen LogP contribution < -0.4 is 9.47 Å². The molecule has 0 spiro atoms. The number of phenolic OH excluding ortho intramolecular Hbond substituents is 2. The molecule has 2 aromatic carbocycles. The third kappa shape index (κ3) is 5.70. The van der Waals surface area contributed by atoms with Crippen LogP contribution in [0.4, 0.5) is 0 Å². The Hall–Kier alpha value is -5.00. The summed E-state index contributed by atoms with van der Waals surface area (Å²) in [4.78, 5) is 51.7. The lowest BCUT2D eigenvalue weighted by Crippen LogP contribution is -2.31. The van der Waals surface area contributed by atoms with Gasteiger partial charge in [-0.15, -0.1) is 0 Å². The summed E-state index contributed by atoms with van der Waals surface area (Å²) in [6.07, 6.45) is -1.04. The van der Waals surface area contributed by atoms with Gasteiger partial charge in [-0.1, -0.05) is 12.1 Å². The number of phenols is 2. The first-order valence-corrected chi connectivity index (χ1v) is 11.8. The van der Waals surface area contributed by atoms with Gasteiger partial charge in [0.25, 0.3) is 0 Å². The molecule has 1 aliphatic carbocycles. The van der Waals surface area contributed by atoms with Crippen LogP contribution >= 0.6 is 0 Å². The van der Waals surface area contributed by atoms with E-state index in [1.54, 1.807) is 0 Å². The van der Waals surface area contributed by atoms with Crippen LogP contribution in [0.2, 0.25) is 0 Å². The van der Waals surface area contributed by atoms with Gasteiger partial charge in [-0.25, -0.2) is 0 Å². The van der Waals surface area contributed by atoms with Crippen LogP contribution in [0.25, 0.3) is 0 Å². The van der Waals surface area contributed by atoms with Gasteiger partial charge >= 0.3 is 11.9 Å². The summed E-state index contributed by atoms with van der Waals surface area (Å²) in [5.41, 5.74) is -0.809. The Bertz CT molecular complexity index is 1310. The molecule has 1 aliphatic rings. The number of aliphatic hydroxyl groups excluding tert-OH is 2. The van der Waals surface area contributed by atoms with Crippen LogP contribution in [0.3, 0.4) is 0 Å².